The normalized spacial score (nSPS) is 16.7. The molecule has 0 amide bonds. The number of nitrogen functional groups attached to an aromatic ring is 1. The van der Waals surface area contributed by atoms with Gasteiger partial charge in [0.25, 0.3) is 0 Å². The minimum absolute atomic E-state index is 0.00250. The fourth-order valence-corrected chi connectivity index (χ4v) is 2.68. The van der Waals surface area contributed by atoms with Crippen LogP contribution in [0, 0.1) is 11.3 Å². The first-order valence-electron chi connectivity index (χ1n) is 7.33. The summed E-state index contributed by atoms with van der Waals surface area (Å²) < 4.78 is 0. The Morgan fingerprint density at radius 3 is 2.83 bits per heavy atom. The predicted octanol–water partition coefficient (Wildman–Crippen LogP) is 2.20. The van der Waals surface area contributed by atoms with Crippen molar-refractivity contribution in [1.29, 1.82) is 5.26 Å². The van der Waals surface area contributed by atoms with Gasteiger partial charge in [0.2, 0.25) is 0 Å². The highest BCUT2D eigenvalue weighted by atomic mass is 16.3. The maximum Gasteiger partial charge on any atom is 0.172 e. The van der Waals surface area contributed by atoms with E-state index >= 15 is 0 Å². The lowest BCUT2D eigenvalue weighted by molar-refractivity contribution is 0.224. The van der Waals surface area contributed by atoms with E-state index in [9.17, 15) is 5.11 Å². The van der Waals surface area contributed by atoms with Gasteiger partial charge in [0, 0.05) is 17.8 Å². The standard InChI is InChI=1S/C17H17N5O/c1-10(2)22-16-15(13(19)6-7-20-16)21-14(17(22)23)12-5-3-4-11(8-12)9-18/h3-8,10,17,23H,1-2H3,(H2,19,20). The smallest absolute Gasteiger partial charge is 0.172 e. The third-order valence-electron chi connectivity index (χ3n) is 3.76. The fourth-order valence-electron chi connectivity index (χ4n) is 2.68. The van der Waals surface area contributed by atoms with Crippen LogP contribution in [0.1, 0.15) is 25.0 Å². The van der Waals surface area contributed by atoms with Crippen LogP contribution in [0.4, 0.5) is 17.2 Å². The second kappa shape index (κ2) is 5.71. The lowest BCUT2D eigenvalue weighted by atomic mass is 10.0. The summed E-state index contributed by atoms with van der Waals surface area (Å²) in [6.07, 6.45) is 0.651. The molecule has 1 aliphatic rings. The summed E-state index contributed by atoms with van der Waals surface area (Å²) in [4.78, 5) is 10.6. The van der Waals surface area contributed by atoms with Crippen molar-refractivity contribution in [2.45, 2.75) is 26.1 Å². The number of aromatic nitrogens is 1. The molecule has 1 atom stereocenters. The molecule has 0 saturated carbocycles. The van der Waals surface area contributed by atoms with E-state index in [1.807, 2.05) is 19.9 Å². The third kappa shape index (κ3) is 2.51. The van der Waals surface area contributed by atoms with Crippen molar-refractivity contribution in [3.8, 4) is 6.07 Å². The van der Waals surface area contributed by atoms with Gasteiger partial charge in [0.1, 0.15) is 5.69 Å². The molecule has 6 heteroatoms. The minimum Gasteiger partial charge on any atom is -0.397 e. The average molecular weight is 307 g/mol. The maximum atomic E-state index is 10.8. The Bertz CT molecular complexity index is 822. The largest absolute Gasteiger partial charge is 0.397 e. The molecule has 0 aliphatic carbocycles. The summed E-state index contributed by atoms with van der Waals surface area (Å²) in [6, 6.07) is 10.8. The van der Waals surface area contributed by atoms with Gasteiger partial charge in [-0.3, -0.25) is 0 Å². The molecule has 2 heterocycles. The molecule has 3 N–H and O–H groups in total. The molecule has 1 unspecified atom stereocenters. The molecule has 6 nitrogen and oxygen atoms in total. The lowest BCUT2D eigenvalue weighted by Gasteiger charge is -2.37. The Morgan fingerprint density at radius 2 is 2.13 bits per heavy atom. The predicted molar refractivity (Wildman–Crippen MR) is 89.6 cm³/mol. The number of nitriles is 1. The van der Waals surface area contributed by atoms with Crippen LogP contribution in [0.5, 0.6) is 0 Å². The number of nitrogens with two attached hydrogens (primary N) is 1. The monoisotopic (exact) mass is 307 g/mol. The number of hydrogen-bond donors (Lipinski definition) is 2. The Hall–Kier alpha value is -2.91. The number of aliphatic imine (C=N–C) groups is 1. The molecule has 0 fully saturated rings. The molecule has 1 aromatic carbocycles. The van der Waals surface area contributed by atoms with Crippen LogP contribution < -0.4 is 10.6 Å². The highest BCUT2D eigenvalue weighted by Crippen LogP contribution is 2.38. The van der Waals surface area contributed by atoms with Crippen LogP contribution in [0.15, 0.2) is 41.5 Å². The number of aliphatic hydroxyl groups excluding tert-OH is 1. The van der Waals surface area contributed by atoms with E-state index in [0.29, 0.717) is 34.0 Å². The molecule has 23 heavy (non-hydrogen) atoms. The summed E-state index contributed by atoms with van der Waals surface area (Å²) in [5.74, 6) is 0.563. The molecular formula is C17H17N5O. The van der Waals surface area contributed by atoms with Crippen molar-refractivity contribution in [2.75, 3.05) is 10.6 Å². The van der Waals surface area contributed by atoms with Crippen molar-refractivity contribution in [3.05, 3.63) is 47.7 Å². The maximum absolute atomic E-state index is 10.8. The van der Waals surface area contributed by atoms with E-state index in [0.717, 1.165) is 0 Å². The first-order valence-corrected chi connectivity index (χ1v) is 7.33. The zero-order valence-corrected chi connectivity index (χ0v) is 12.9. The number of rotatable bonds is 2. The van der Waals surface area contributed by atoms with Crippen LogP contribution in [-0.4, -0.2) is 28.1 Å². The SMILES string of the molecule is CC(C)N1c2nccc(N)c2N=C(c2cccc(C#N)c2)C1O. The molecule has 0 spiro atoms. The van der Waals surface area contributed by atoms with Crippen molar-refractivity contribution in [3.63, 3.8) is 0 Å². The van der Waals surface area contributed by atoms with Gasteiger partial charge in [0.05, 0.1) is 23.0 Å². The highest BCUT2D eigenvalue weighted by molar-refractivity contribution is 6.09. The van der Waals surface area contributed by atoms with Gasteiger partial charge in [-0.05, 0) is 32.0 Å². The van der Waals surface area contributed by atoms with Gasteiger partial charge in [-0.2, -0.15) is 5.26 Å². The van der Waals surface area contributed by atoms with E-state index in [2.05, 4.69) is 16.0 Å². The number of anilines is 2. The molecule has 0 radical (unpaired) electrons. The van der Waals surface area contributed by atoms with Crippen LogP contribution in [0.3, 0.4) is 0 Å². The second-order valence-electron chi connectivity index (χ2n) is 5.64. The third-order valence-corrected chi connectivity index (χ3v) is 3.76. The Labute approximate surface area is 134 Å². The molecule has 0 bridgehead atoms. The van der Waals surface area contributed by atoms with E-state index < -0.39 is 6.23 Å². The van der Waals surface area contributed by atoms with Gasteiger partial charge in [-0.1, -0.05) is 12.1 Å². The molecule has 2 aromatic rings. The number of pyridine rings is 1. The number of fused-ring (bicyclic) bond motifs is 1. The van der Waals surface area contributed by atoms with Crippen molar-refractivity contribution < 1.29 is 5.11 Å². The Balaban J connectivity index is 2.21. The fraction of sp³-hybridized carbons (Fsp3) is 0.235. The number of aliphatic hydroxyl groups is 1. The number of benzene rings is 1. The van der Waals surface area contributed by atoms with Crippen LogP contribution in [-0.2, 0) is 0 Å². The van der Waals surface area contributed by atoms with Crippen molar-refractivity contribution in [2.24, 2.45) is 4.99 Å². The molecule has 0 saturated heterocycles. The Morgan fingerprint density at radius 1 is 1.35 bits per heavy atom. The van der Waals surface area contributed by atoms with E-state index in [1.165, 1.54) is 0 Å². The number of hydrogen-bond acceptors (Lipinski definition) is 6. The van der Waals surface area contributed by atoms with Gasteiger partial charge >= 0.3 is 0 Å². The minimum atomic E-state index is -0.953. The molecule has 3 rings (SSSR count). The summed E-state index contributed by atoms with van der Waals surface area (Å²) >= 11 is 0. The second-order valence-corrected chi connectivity index (χ2v) is 5.64. The van der Waals surface area contributed by atoms with Gasteiger partial charge < -0.3 is 15.7 Å². The molecule has 116 valence electrons. The van der Waals surface area contributed by atoms with Crippen LogP contribution in [0.2, 0.25) is 0 Å². The average Bonchev–Trinajstić information content (AvgIpc) is 2.54. The number of nitrogens with zero attached hydrogens (tertiary/aromatic N) is 4. The van der Waals surface area contributed by atoms with E-state index in [1.54, 1.807) is 35.4 Å². The van der Waals surface area contributed by atoms with Crippen molar-refractivity contribution in [1.82, 2.24) is 4.98 Å². The van der Waals surface area contributed by atoms with Gasteiger partial charge in [-0.15, -0.1) is 0 Å². The first-order chi connectivity index (χ1) is 11.0. The van der Waals surface area contributed by atoms with Crippen LogP contribution >= 0.6 is 0 Å². The van der Waals surface area contributed by atoms with Crippen LogP contribution in [0.25, 0.3) is 0 Å². The molecular weight excluding hydrogens is 290 g/mol. The summed E-state index contributed by atoms with van der Waals surface area (Å²) in [5.41, 5.74) is 8.75. The van der Waals surface area contributed by atoms with Crippen molar-refractivity contribution >= 4 is 22.9 Å². The summed E-state index contributed by atoms with van der Waals surface area (Å²) in [7, 11) is 0. The quantitative estimate of drug-likeness (QED) is 0.886. The first kappa shape index (κ1) is 15.0. The topological polar surface area (TPSA) is 98.5 Å². The Kier molecular flexibility index (Phi) is 3.72. The highest BCUT2D eigenvalue weighted by Gasteiger charge is 2.33. The molecule has 1 aliphatic heterocycles. The van der Waals surface area contributed by atoms with E-state index in [-0.39, 0.29) is 6.04 Å². The molecule has 1 aromatic heterocycles. The zero-order chi connectivity index (χ0) is 16.6. The lowest BCUT2D eigenvalue weighted by Crippen LogP contribution is -2.48. The van der Waals surface area contributed by atoms with E-state index in [4.69, 9.17) is 11.0 Å². The van der Waals surface area contributed by atoms with Gasteiger partial charge in [-0.25, -0.2) is 9.98 Å². The zero-order valence-electron chi connectivity index (χ0n) is 12.9. The summed E-state index contributed by atoms with van der Waals surface area (Å²) in [6.45, 7) is 3.93. The summed E-state index contributed by atoms with van der Waals surface area (Å²) in [5, 5.41) is 19.9. The van der Waals surface area contributed by atoms with Gasteiger partial charge in [0.15, 0.2) is 12.0 Å².